The Morgan fingerprint density at radius 2 is 2.11 bits per heavy atom. The molecular weight excluding hydrogens is 240 g/mol. The number of nitrogens with one attached hydrogen (secondary N) is 1. The molecule has 98 valence electrons. The standard InChI is InChI=1S/C14H16N4O/c15-13-7-12-10(8-17-13)1-2-11(18-12)14(19)9-3-5-16-6-4-9/h1-2,7-9,16H,3-6H2,(H2,15,17). The monoisotopic (exact) mass is 256 g/mol. The molecular formula is C14H16N4O. The van der Waals surface area contributed by atoms with Crippen molar-refractivity contribution in [1.29, 1.82) is 0 Å². The summed E-state index contributed by atoms with van der Waals surface area (Å²) in [6.07, 6.45) is 3.45. The molecule has 0 aliphatic carbocycles. The number of carbonyl (C=O) groups excluding carboxylic acids is 1. The van der Waals surface area contributed by atoms with E-state index in [9.17, 15) is 4.79 Å². The Morgan fingerprint density at radius 1 is 1.32 bits per heavy atom. The lowest BCUT2D eigenvalue weighted by molar-refractivity contribution is 0.0890. The van der Waals surface area contributed by atoms with Crippen LogP contribution in [0.25, 0.3) is 10.9 Å². The highest BCUT2D eigenvalue weighted by molar-refractivity contribution is 5.98. The van der Waals surface area contributed by atoms with Crippen LogP contribution in [0, 0.1) is 5.92 Å². The number of fused-ring (bicyclic) bond motifs is 1. The molecule has 0 bridgehead atoms. The number of ketones is 1. The molecule has 0 aromatic carbocycles. The number of aromatic nitrogens is 2. The average molecular weight is 256 g/mol. The predicted octanol–water partition coefficient (Wildman–Crippen LogP) is 1.39. The molecule has 0 radical (unpaired) electrons. The first kappa shape index (κ1) is 12.0. The Kier molecular flexibility index (Phi) is 3.13. The maximum atomic E-state index is 12.4. The number of rotatable bonds is 2. The first-order chi connectivity index (χ1) is 9.24. The molecule has 1 fully saturated rings. The predicted molar refractivity (Wildman–Crippen MR) is 73.9 cm³/mol. The van der Waals surface area contributed by atoms with Crippen LogP contribution < -0.4 is 11.1 Å². The van der Waals surface area contributed by atoms with Crippen LogP contribution in [0.4, 0.5) is 5.82 Å². The van der Waals surface area contributed by atoms with Gasteiger partial charge in [-0.2, -0.15) is 0 Å². The van der Waals surface area contributed by atoms with Crippen LogP contribution in [0.15, 0.2) is 24.4 Å². The molecule has 3 N–H and O–H groups in total. The van der Waals surface area contributed by atoms with E-state index in [0.29, 0.717) is 11.5 Å². The zero-order valence-corrected chi connectivity index (χ0v) is 10.6. The van der Waals surface area contributed by atoms with Gasteiger partial charge in [-0.25, -0.2) is 9.97 Å². The van der Waals surface area contributed by atoms with Crippen molar-refractivity contribution >= 4 is 22.5 Å². The van der Waals surface area contributed by atoms with Gasteiger partial charge in [-0.05, 0) is 38.1 Å². The smallest absolute Gasteiger partial charge is 0.184 e. The van der Waals surface area contributed by atoms with Crippen molar-refractivity contribution < 1.29 is 4.79 Å². The summed E-state index contributed by atoms with van der Waals surface area (Å²) in [4.78, 5) is 20.8. The van der Waals surface area contributed by atoms with Crippen molar-refractivity contribution in [2.45, 2.75) is 12.8 Å². The summed E-state index contributed by atoms with van der Waals surface area (Å²) in [6.45, 7) is 1.81. The molecule has 5 heteroatoms. The van der Waals surface area contributed by atoms with Crippen molar-refractivity contribution in [1.82, 2.24) is 15.3 Å². The molecule has 2 aromatic rings. The van der Waals surface area contributed by atoms with Crippen LogP contribution >= 0.6 is 0 Å². The first-order valence-electron chi connectivity index (χ1n) is 6.51. The number of hydrogen-bond acceptors (Lipinski definition) is 5. The van der Waals surface area contributed by atoms with E-state index in [1.165, 1.54) is 0 Å². The summed E-state index contributed by atoms with van der Waals surface area (Å²) in [5.41, 5.74) is 6.91. The van der Waals surface area contributed by atoms with Gasteiger partial charge in [-0.15, -0.1) is 0 Å². The van der Waals surface area contributed by atoms with E-state index in [4.69, 9.17) is 5.73 Å². The molecule has 2 aromatic heterocycles. The summed E-state index contributed by atoms with van der Waals surface area (Å²) >= 11 is 0. The molecule has 0 amide bonds. The molecule has 0 atom stereocenters. The number of anilines is 1. The minimum Gasteiger partial charge on any atom is -0.384 e. The molecule has 3 rings (SSSR count). The van der Waals surface area contributed by atoms with Gasteiger partial charge in [0.05, 0.1) is 5.52 Å². The number of nitrogen functional groups attached to an aromatic ring is 1. The number of nitrogens with two attached hydrogens (primary N) is 1. The van der Waals surface area contributed by atoms with Gasteiger partial charge in [0.25, 0.3) is 0 Å². The Bertz CT molecular complexity index is 620. The molecule has 0 spiro atoms. The van der Waals surface area contributed by atoms with Gasteiger partial charge < -0.3 is 11.1 Å². The van der Waals surface area contributed by atoms with E-state index in [2.05, 4.69) is 15.3 Å². The summed E-state index contributed by atoms with van der Waals surface area (Å²) in [6, 6.07) is 5.36. The first-order valence-corrected chi connectivity index (χ1v) is 6.51. The van der Waals surface area contributed by atoms with Crippen LogP contribution in [0.3, 0.4) is 0 Å². The fourth-order valence-corrected chi connectivity index (χ4v) is 2.46. The van der Waals surface area contributed by atoms with Gasteiger partial charge in [0.1, 0.15) is 11.5 Å². The van der Waals surface area contributed by atoms with E-state index < -0.39 is 0 Å². The zero-order chi connectivity index (χ0) is 13.2. The second-order valence-corrected chi connectivity index (χ2v) is 4.89. The maximum Gasteiger partial charge on any atom is 0.184 e. The lowest BCUT2D eigenvalue weighted by atomic mass is 9.91. The van der Waals surface area contributed by atoms with Crippen molar-refractivity contribution in [3.63, 3.8) is 0 Å². The average Bonchev–Trinajstić information content (AvgIpc) is 2.46. The largest absolute Gasteiger partial charge is 0.384 e. The van der Waals surface area contributed by atoms with Crippen molar-refractivity contribution in [2.24, 2.45) is 5.92 Å². The van der Waals surface area contributed by atoms with Gasteiger partial charge in [0.2, 0.25) is 0 Å². The summed E-state index contributed by atoms with van der Waals surface area (Å²) in [5.74, 6) is 0.649. The molecule has 5 nitrogen and oxygen atoms in total. The third-order valence-corrected chi connectivity index (χ3v) is 3.56. The minimum absolute atomic E-state index is 0.0883. The lowest BCUT2D eigenvalue weighted by Crippen LogP contribution is -2.32. The molecule has 1 saturated heterocycles. The van der Waals surface area contributed by atoms with E-state index >= 15 is 0 Å². The van der Waals surface area contributed by atoms with Gasteiger partial charge in [-0.3, -0.25) is 4.79 Å². The van der Waals surface area contributed by atoms with Crippen LogP contribution in [0.5, 0.6) is 0 Å². The molecule has 3 heterocycles. The Labute approximate surface area is 111 Å². The maximum absolute atomic E-state index is 12.4. The van der Waals surface area contributed by atoms with Crippen molar-refractivity contribution in [3.8, 4) is 0 Å². The number of piperidine rings is 1. The highest BCUT2D eigenvalue weighted by Crippen LogP contribution is 2.19. The van der Waals surface area contributed by atoms with Crippen molar-refractivity contribution in [2.75, 3.05) is 18.8 Å². The Morgan fingerprint density at radius 3 is 2.89 bits per heavy atom. The Hall–Kier alpha value is -2.01. The van der Waals surface area contributed by atoms with Gasteiger partial charge in [-0.1, -0.05) is 0 Å². The summed E-state index contributed by atoms with van der Waals surface area (Å²) in [7, 11) is 0. The van der Waals surface area contributed by atoms with E-state index in [-0.39, 0.29) is 11.7 Å². The quantitative estimate of drug-likeness (QED) is 0.794. The van der Waals surface area contributed by atoms with Gasteiger partial charge >= 0.3 is 0 Å². The zero-order valence-electron chi connectivity index (χ0n) is 10.6. The fraction of sp³-hybridized carbons (Fsp3) is 0.357. The minimum atomic E-state index is 0.0883. The molecule has 1 aliphatic rings. The summed E-state index contributed by atoms with van der Waals surface area (Å²) < 4.78 is 0. The van der Waals surface area contributed by atoms with E-state index in [0.717, 1.165) is 36.8 Å². The second-order valence-electron chi connectivity index (χ2n) is 4.89. The SMILES string of the molecule is Nc1cc2nc(C(=O)C3CCNCC3)ccc2cn1. The third kappa shape index (κ3) is 2.42. The summed E-state index contributed by atoms with van der Waals surface area (Å²) in [5, 5.41) is 4.16. The second kappa shape index (κ2) is 4.93. The number of carbonyl (C=O) groups is 1. The third-order valence-electron chi connectivity index (χ3n) is 3.56. The topological polar surface area (TPSA) is 80.9 Å². The van der Waals surface area contributed by atoms with Crippen molar-refractivity contribution in [3.05, 3.63) is 30.1 Å². The van der Waals surface area contributed by atoms with Crippen LogP contribution in [-0.2, 0) is 0 Å². The normalized spacial score (nSPS) is 16.6. The van der Waals surface area contributed by atoms with Gasteiger partial charge in [0, 0.05) is 23.6 Å². The van der Waals surface area contributed by atoms with Gasteiger partial charge in [0.15, 0.2) is 5.78 Å². The fourth-order valence-electron chi connectivity index (χ4n) is 2.46. The van der Waals surface area contributed by atoms with Crippen LogP contribution in [0.2, 0.25) is 0 Å². The molecule has 0 unspecified atom stereocenters. The number of nitrogens with zero attached hydrogens (tertiary/aromatic N) is 2. The number of Topliss-reactive ketones (excluding diaryl/α,β-unsaturated/α-hetero) is 1. The van der Waals surface area contributed by atoms with Crippen LogP contribution in [-0.4, -0.2) is 28.8 Å². The van der Waals surface area contributed by atoms with E-state index in [1.807, 2.05) is 6.07 Å². The molecule has 0 saturated carbocycles. The molecule has 19 heavy (non-hydrogen) atoms. The number of hydrogen-bond donors (Lipinski definition) is 2. The van der Waals surface area contributed by atoms with Crippen LogP contribution in [0.1, 0.15) is 23.3 Å². The molecule has 1 aliphatic heterocycles. The Balaban J connectivity index is 1.93. The highest BCUT2D eigenvalue weighted by atomic mass is 16.1. The highest BCUT2D eigenvalue weighted by Gasteiger charge is 2.23. The van der Waals surface area contributed by atoms with E-state index in [1.54, 1.807) is 18.3 Å². The lowest BCUT2D eigenvalue weighted by Gasteiger charge is -2.21. The number of pyridine rings is 2.